The van der Waals surface area contributed by atoms with Crippen LogP contribution in [0.3, 0.4) is 0 Å². The van der Waals surface area contributed by atoms with Gasteiger partial charge < -0.3 is 14.4 Å². The fourth-order valence-corrected chi connectivity index (χ4v) is 2.86. The minimum Gasteiger partial charge on any atom is -0.454 e. The first-order valence-corrected chi connectivity index (χ1v) is 8.34. The van der Waals surface area contributed by atoms with Crippen LogP contribution in [0.5, 0.6) is 11.5 Å². The van der Waals surface area contributed by atoms with Crippen molar-refractivity contribution < 1.29 is 19.2 Å². The van der Waals surface area contributed by atoms with Crippen molar-refractivity contribution >= 4 is 11.6 Å². The van der Waals surface area contributed by atoms with Crippen LogP contribution >= 0.6 is 0 Å². The van der Waals surface area contributed by atoms with Crippen LogP contribution < -0.4 is 9.47 Å². The van der Waals surface area contributed by atoms with Gasteiger partial charge in [-0.3, -0.25) is 14.9 Å². The van der Waals surface area contributed by atoms with E-state index in [2.05, 4.69) is 0 Å². The zero-order valence-corrected chi connectivity index (χ0v) is 14.7. The number of non-ortho nitro benzene ring substituents is 1. The minimum atomic E-state index is -0.433. The molecule has 0 spiro atoms. The Bertz CT molecular complexity index is 836. The number of nitrogens with zero attached hydrogens (tertiary/aromatic N) is 2. The molecule has 1 atom stereocenters. The van der Waals surface area contributed by atoms with Gasteiger partial charge in [-0.15, -0.1) is 0 Å². The van der Waals surface area contributed by atoms with Crippen molar-refractivity contribution in [3.8, 4) is 11.5 Å². The maximum Gasteiger partial charge on any atom is 0.269 e. The van der Waals surface area contributed by atoms with Gasteiger partial charge in [0, 0.05) is 25.6 Å². The summed E-state index contributed by atoms with van der Waals surface area (Å²) in [5, 5.41) is 10.9. The van der Waals surface area contributed by atoms with Gasteiger partial charge in [-0.25, -0.2) is 0 Å². The Kier molecular flexibility index (Phi) is 5.06. The molecule has 1 amide bonds. The summed E-state index contributed by atoms with van der Waals surface area (Å²) >= 11 is 0. The zero-order chi connectivity index (χ0) is 18.7. The van der Waals surface area contributed by atoms with Crippen LogP contribution in [0.2, 0.25) is 0 Å². The molecule has 26 heavy (non-hydrogen) atoms. The Morgan fingerprint density at radius 2 is 2.00 bits per heavy atom. The van der Waals surface area contributed by atoms with Crippen LogP contribution in [0.25, 0.3) is 0 Å². The molecule has 0 saturated carbocycles. The number of aryl methyl sites for hydroxylation is 1. The molecule has 7 heteroatoms. The Hall–Kier alpha value is -3.09. The minimum absolute atomic E-state index is 0.0237. The average Bonchev–Trinajstić information content (AvgIpc) is 3.12. The maximum atomic E-state index is 12.5. The fraction of sp³-hybridized carbons (Fsp3) is 0.316. The molecule has 1 aliphatic heterocycles. The zero-order valence-electron chi connectivity index (χ0n) is 14.7. The number of fused-ring (bicyclic) bond motifs is 1. The van der Waals surface area contributed by atoms with Crippen molar-refractivity contribution in [3.05, 3.63) is 63.7 Å². The summed E-state index contributed by atoms with van der Waals surface area (Å²) in [6.07, 6.45) is 0.927. The monoisotopic (exact) mass is 356 g/mol. The molecule has 0 fully saturated rings. The second-order valence-electron chi connectivity index (χ2n) is 6.22. The number of benzene rings is 2. The highest BCUT2D eigenvalue weighted by Gasteiger charge is 2.20. The van der Waals surface area contributed by atoms with Crippen molar-refractivity contribution in [1.29, 1.82) is 0 Å². The van der Waals surface area contributed by atoms with Gasteiger partial charge in [-0.05, 0) is 36.6 Å². The summed E-state index contributed by atoms with van der Waals surface area (Å²) in [6.45, 7) is 2.08. The van der Waals surface area contributed by atoms with E-state index in [9.17, 15) is 14.9 Å². The summed E-state index contributed by atoms with van der Waals surface area (Å²) < 4.78 is 10.6. The average molecular weight is 356 g/mol. The number of amides is 1. The summed E-state index contributed by atoms with van der Waals surface area (Å²) in [6, 6.07) is 11.8. The van der Waals surface area contributed by atoms with Gasteiger partial charge in [0.05, 0.1) is 11.0 Å². The topological polar surface area (TPSA) is 81.9 Å². The summed E-state index contributed by atoms with van der Waals surface area (Å²) in [7, 11) is 1.71. The summed E-state index contributed by atoms with van der Waals surface area (Å²) in [5.74, 6) is 1.39. The van der Waals surface area contributed by atoms with Gasteiger partial charge in [-0.1, -0.05) is 18.2 Å². The largest absolute Gasteiger partial charge is 0.454 e. The molecule has 2 aromatic carbocycles. The van der Waals surface area contributed by atoms with Crippen LogP contribution in [0, 0.1) is 10.1 Å². The second kappa shape index (κ2) is 7.43. The van der Waals surface area contributed by atoms with Crippen LogP contribution in [-0.4, -0.2) is 29.6 Å². The van der Waals surface area contributed by atoms with E-state index in [1.54, 1.807) is 24.1 Å². The molecule has 136 valence electrons. The smallest absolute Gasteiger partial charge is 0.269 e. The lowest BCUT2D eigenvalue weighted by Gasteiger charge is -2.25. The Morgan fingerprint density at radius 3 is 2.77 bits per heavy atom. The molecule has 1 heterocycles. The third kappa shape index (κ3) is 3.77. The van der Waals surface area contributed by atoms with Crippen molar-refractivity contribution in [3.63, 3.8) is 0 Å². The normalized spacial score (nSPS) is 13.3. The SMILES string of the molecule is CC(c1cccc([N+](=O)[O-])c1)N(C)C(=O)CCc1ccc2c(c1)OCO2. The molecule has 7 nitrogen and oxygen atoms in total. The van der Waals surface area contributed by atoms with E-state index in [0.717, 1.165) is 16.9 Å². The molecular formula is C19H20N2O5. The lowest BCUT2D eigenvalue weighted by Crippen LogP contribution is -2.29. The van der Waals surface area contributed by atoms with Gasteiger partial charge in [-0.2, -0.15) is 0 Å². The fourth-order valence-electron chi connectivity index (χ4n) is 2.86. The van der Waals surface area contributed by atoms with Gasteiger partial charge in [0.1, 0.15) is 0 Å². The van der Waals surface area contributed by atoms with Gasteiger partial charge in [0.2, 0.25) is 12.7 Å². The van der Waals surface area contributed by atoms with Crippen LogP contribution in [0.15, 0.2) is 42.5 Å². The van der Waals surface area contributed by atoms with Gasteiger partial charge in [0.15, 0.2) is 11.5 Å². The standard InChI is InChI=1S/C19H20N2O5/c1-13(15-4-3-5-16(11-15)21(23)24)20(2)19(22)9-7-14-6-8-17-18(10-14)26-12-25-17/h3-6,8,10-11,13H,7,9,12H2,1-2H3. The third-order valence-electron chi connectivity index (χ3n) is 4.60. The molecule has 2 aromatic rings. The Labute approximate surface area is 151 Å². The van der Waals surface area contributed by atoms with Crippen molar-refractivity contribution in [1.82, 2.24) is 4.90 Å². The van der Waals surface area contributed by atoms with Crippen molar-refractivity contribution in [2.45, 2.75) is 25.8 Å². The van der Waals surface area contributed by atoms with E-state index in [4.69, 9.17) is 9.47 Å². The van der Waals surface area contributed by atoms with Crippen molar-refractivity contribution in [2.75, 3.05) is 13.8 Å². The van der Waals surface area contributed by atoms with E-state index in [1.165, 1.54) is 12.1 Å². The molecule has 0 N–H and O–H groups in total. The lowest BCUT2D eigenvalue weighted by molar-refractivity contribution is -0.384. The van der Waals surface area contributed by atoms with E-state index in [-0.39, 0.29) is 24.4 Å². The third-order valence-corrected chi connectivity index (χ3v) is 4.60. The number of rotatable bonds is 6. The predicted molar refractivity (Wildman–Crippen MR) is 95.2 cm³/mol. The second-order valence-corrected chi connectivity index (χ2v) is 6.22. The molecule has 0 saturated heterocycles. The molecule has 3 rings (SSSR count). The Morgan fingerprint density at radius 1 is 1.23 bits per heavy atom. The van der Waals surface area contributed by atoms with Gasteiger partial charge >= 0.3 is 0 Å². The number of carbonyl (C=O) groups is 1. The highest BCUT2D eigenvalue weighted by atomic mass is 16.7. The number of carbonyl (C=O) groups excluding carboxylic acids is 1. The predicted octanol–water partition coefficient (Wildman–Crippen LogP) is 3.48. The molecule has 0 radical (unpaired) electrons. The van der Waals surface area contributed by atoms with E-state index >= 15 is 0 Å². The van der Waals surface area contributed by atoms with E-state index in [0.29, 0.717) is 18.6 Å². The van der Waals surface area contributed by atoms with Gasteiger partial charge in [0.25, 0.3) is 5.69 Å². The summed E-state index contributed by atoms with van der Waals surface area (Å²) in [5.41, 5.74) is 1.76. The quantitative estimate of drug-likeness (QED) is 0.585. The first-order valence-electron chi connectivity index (χ1n) is 8.34. The molecule has 0 aliphatic carbocycles. The first kappa shape index (κ1) is 17.7. The molecule has 0 aromatic heterocycles. The van der Waals surface area contributed by atoms with E-state index in [1.807, 2.05) is 25.1 Å². The first-order chi connectivity index (χ1) is 12.5. The highest BCUT2D eigenvalue weighted by molar-refractivity contribution is 5.76. The van der Waals surface area contributed by atoms with Crippen LogP contribution in [-0.2, 0) is 11.2 Å². The highest BCUT2D eigenvalue weighted by Crippen LogP contribution is 2.33. The number of nitro groups is 1. The number of nitro benzene ring substituents is 1. The number of ether oxygens (including phenoxy) is 2. The molecule has 1 unspecified atom stereocenters. The maximum absolute atomic E-state index is 12.5. The molecule has 0 bridgehead atoms. The molecule has 1 aliphatic rings. The van der Waals surface area contributed by atoms with E-state index < -0.39 is 4.92 Å². The van der Waals surface area contributed by atoms with Crippen LogP contribution in [0.4, 0.5) is 5.69 Å². The van der Waals surface area contributed by atoms with Crippen molar-refractivity contribution in [2.24, 2.45) is 0 Å². The number of hydrogen-bond acceptors (Lipinski definition) is 5. The summed E-state index contributed by atoms with van der Waals surface area (Å²) in [4.78, 5) is 24.6. The van der Waals surface area contributed by atoms with Crippen LogP contribution in [0.1, 0.15) is 30.5 Å². The number of hydrogen-bond donors (Lipinski definition) is 0. The Balaban J connectivity index is 1.62. The molecular weight excluding hydrogens is 336 g/mol. The lowest BCUT2D eigenvalue weighted by atomic mass is 10.0.